The highest BCUT2D eigenvalue weighted by molar-refractivity contribution is 7.90. The normalized spacial score (nSPS) is 17.4. The first-order valence-corrected chi connectivity index (χ1v) is 17.0. The van der Waals surface area contributed by atoms with Gasteiger partial charge in [0.15, 0.2) is 0 Å². The molecule has 43 heavy (non-hydrogen) atoms. The van der Waals surface area contributed by atoms with E-state index in [2.05, 4.69) is 25.6 Å². The van der Waals surface area contributed by atoms with Crippen molar-refractivity contribution in [2.24, 2.45) is 0 Å². The standard InChI is InChI=1S/C31H39ClN4O6S/c1-35(16-15-33-31(38)39)23-19-36-26-18-22(30(37)34-43(40,41)17-7-14-32)12-13-24(26)28(21-8-3-2-4-9-21)29(36)25-10-5-6-11-27(25)42-20-23/h5-6,10-13,18,21,23,33H,2-4,7-9,14-17,19-20H2,1H3,(H,34,37)(H,38,39)/t23-/m1/s1. The number of para-hydroxylation sites is 1. The lowest BCUT2D eigenvalue weighted by molar-refractivity contribution is 0.0981. The molecule has 2 heterocycles. The van der Waals surface area contributed by atoms with Crippen molar-refractivity contribution < 1.29 is 27.9 Å². The van der Waals surface area contributed by atoms with Crippen LogP contribution in [0.15, 0.2) is 42.5 Å². The summed E-state index contributed by atoms with van der Waals surface area (Å²) in [4.78, 5) is 26.3. The number of alkyl halides is 1. The number of carbonyl (C=O) groups excluding carboxylic acids is 1. The van der Waals surface area contributed by atoms with Gasteiger partial charge in [-0.25, -0.2) is 17.9 Å². The Morgan fingerprint density at radius 1 is 1.14 bits per heavy atom. The predicted octanol–water partition coefficient (Wildman–Crippen LogP) is 5.00. The minimum atomic E-state index is -3.82. The number of amides is 2. The highest BCUT2D eigenvalue weighted by atomic mass is 35.5. The molecule has 12 heteroatoms. The molecule has 1 aliphatic heterocycles. The monoisotopic (exact) mass is 630 g/mol. The number of rotatable bonds is 10. The first-order valence-electron chi connectivity index (χ1n) is 14.8. The number of hydrogen-bond donors (Lipinski definition) is 3. The maximum atomic E-state index is 13.2. The number of halogens is 1. The molecule has 0 unspecified atom stereocenters. The van der Waals surface area contributed by atoms with E-state index in [1.807, 2.05) is 31.3 Å². The number of aromatic nitrogens is 1. The van der Waals surface area contributed by atoms with E-state index in [-0.39, 0.29) is 36.2 Å². The van der Waals surface area contributed by atoms with Crippen molar-refractivity contribution in [1.29, 1.82) is 0 Å². The van der Waals surface area contributed by atoms with Crippen molar-refractivity contribution in [3.05, 3.63) is 53.6 Å². The smallest absolute Gasteiger partial charge is 0.404 e. The lowest BCUT2D eigenvalue weighted by Gasteiger charge is -2.32. The van der Waals surface area contributed by atoms with E-state index in [0.717, 1.165) is 53.6 Å². The molecule has 10 nitrogen and oxygen atoms in total. The molecular weight excluding hydrogens is 592 g/mol. The molecule has 0 bridgehead atoms. The molecule has 0 radical (unpaired) electrons. The van der Waals surface area contributed by atoms with Crippen LogP contribution in [0.5, 0.6) is 5.75 Å². The Kier molecular flexibility index (Phi) is 9.83. The fraction of sp³-hybridized carbons (Fsp3) is 0.484. The van der Waals surface area contributed by atoms with Gasteiger partial charge in [0, 0.05) is 47.5 Å². The molecule has 3 aromatic rings. The van der Waals surface area contributed by atoms with E-state index in [0.29, 0.717) is 25.6 Å². The Hall–Kier alpha value is -3.28. The van der Waals surface area contributed by atoms with Gasteiger partial charge in [-0.2, -0.15) is 0 Å². The molecular formula is C31H39ClN4O6S. The Balaban J connectivity index is 1.64. The lowest BCUT2D eigenvalue weighted by atomic mass is 9.81. The van der Waals surface area contributed by atoms with Crippen molar-refractivity contribution in [3.63, 3.8) is 0 Å². The van der Waals surface area contributed by atoms with Gasteiger partial charge < -0.3 is 19.7 Å². The number of benzene rings is 2. The van der Waals surface area contributed by atoms with E-state index in [4.69, 9.17) is 21.4 Å². The highest BCUT2D eigenvalue weighted by Crippen LogP contribution is 2.47. The third-order valence-electron chi connectivity index (χ3n) is 8.51. The van der Waals surface area contributed by atoms with Crippen LogP contribution in [0.25, 0.3) is 22.2 Å². The fourth-order valence-corrected chi connectivity index (χ4v) is 7.64. The molecule has 5 rings (SSSR count). The second-order valence-corrected chi connectivity index (χ2v) is 13.6. The van der Waals surface area contributed by atoms with E-state index in [1.165, 1.54) is 12.0 Å². The van der Waals surface area contributed by atoms with Gasteiger partial charge in [-0.3, -0.25) is 9.69 Å². The van der Waals surface area contributed by atoms with Gasteiger partial charge in [0.25, 0.3) is 5.91 Å². The average molecular weight is 631 g/mol. The minimum Gasteiger partial charge on any atom is -0.491 e. The number of carbonyl (C=O) groups is 2. The number of ether oxygens (including phenoxy) is 1. The van der Waals surface area contributed by atoms with E-state index >= 15 is 0 Å². The van der Waals surface area contributed by atoms with Crippen LogP contribution in [0, 0.1) is 0 Å². The maximum Gasteiger partial charge on any atom is 0.404 e. The molecule has 2 aromatic carbocycles. The summed E-state index contributed by atoms with van der Waals surface area (Å²) in [7, 11) is -1.87. The topological polar surface area (TPSA) is 130 Å². The van der Waals surface area contributed by atoms with Crippen LogP contribution in [-0.4, -0.2) is 79.4 Å². The molecule has 1 fully saturated rings. The maximum absolute atomic E-state index is 13.2. The van der Waals surface area contributed by atoms with Crippen molar-refractivity contribution in [3.8, 4) is 17.0 Å². The van der Waals surface area contributed by atoms with Crippen molar-refractivity contribution in [2.45, 2.75) is 57.0 Å². The average Bonchev–Trinajstić information content (AvgIpc) is 3.29. The molecule has 2 aliphatic rings. The SMILES string of the molecule is CN(CCNC(=O)O)[C@H]1COc2ccccc2-c2c(C3CCCCC3)c3ccc(C(=O)NS(=O)(=O)CCCCl)cc3n2C1. The number of hydrogen-bond acceptors (Lipinski definition) is 6. The predicted molar refractivity (Wildman–Crippen MR) is 168 cm³/mol. The zero-order chi connectivity index (χ0) is 30.6. The van der Waals surface area contributed by atoms with Gasteiger partial charge in [0.1, 0.15) is 12.4 Å². The molecule has 2 amide bonds. The van der Waals surface area contributed by atoms with Gasteiger partial charge in [-0.15, -0.1) is 11.6 Å². The van der Waals surface area contributed by atoms with Crippen LogP contribution in [0.1, 0.15) is 60.4 Å². The summed E-state index contributed by atoms with van der Waals surface area (Å²) in [6.07, 6.45) is 4.83. The summed E-state index contributed by atoms with van der Waals surface area (Å²) in [5.41, 5.74) is 4.41. The first-order chi connectivity index (χ1) is 20.7. The molecule has 1 atom stereocenters. The molecule has 3 N–H and O–H groups in total. The number of nitrogens with zero attached hydrogens (tertiary/aromatic N) is 2. The number of carboxylic acid groups (broad SMARTS) is 1. The van der Waals surface area contributed by atoms with Crippen LogP contribution >= 0.6 is 11.6 Å². The molecule has 1 saturated carbocycles. The van der Waals surface area contributed by atoms with Gasteiger partial charge >= 0.3 is 6.09 Å². The number of likely N-dealkylation sites (N-methyl/N-ethyl adjacent to an activating group) is 1. The highest BCUT2D eigenvalue weighted by Gasteiger charge is 2.31. The Bertz CT molecular complexity index is 1580. The summed E-state index contributed by atoms with van der Waals surface area (Å²) in [6.45, 7) is 1.68. The first kappa shape index (κ1) is 31.2. The number of sulfonamides is 1. The third-order valence-corrected chi connectivity index (χ3v) is 10.1. The van der Waals surface area contributed by atoms with Crippen LogP contribution in [0.4, 0.5) is 4.79 Å². The van der Waals surface area contributed by atoms with E-state index in [1.54, 1.807) is 12.1 Å². The summed E-state index contributed by atoms with van der Waals surface area (Å²) in [6, 6.07) is 13.4. The zero-order valence-corrected chi connectivity index (χ0v) is 25.9. The van der Waals surface area contributed by atoms with E-state index < -0.39 is 22.0 Å². The van der Waals surface area contributed by atoms with Crippen LogP contribution in [0.2, 0.25) is 0 Å². The fourth-order valence-electron chi connectivity index (χ4n) is 6.32. The van der Waals surface area contributed by atoms with Crippen LogP contribution in [0.3, 0.4) is 0 Å². The van der Waals surface area contributed by atoms with Crippen LogP contribution in [-0.2, 0) is 16.6 Å². The van der Waals surface area contributed by atoms with Gasteiger partial charge in [-0.1, -0.05) is 37.5 Å². The number of fused-ring (bicyclic) bond motifs is 5. The Morgan fingerprint density at radius 3 is 2.65 bits per heavy atom. The largest absolute Gasteiger partial charge is 0.491 e. The summed E-state index contributed by atoms with van der Waals surface area (Å²) < 4.78 is 35.8. The molecule has 1 aliphatic carbocycles. The molecule has 232 valence electrons. The quantitative estimate of drug-likeness (QED) is 0.269. The summed E-state index contributed by atoms with van der Waals surface area (Å²) in [5, 5.41) is 12.5. The zero-order valence-electron chi connectivity index (χ0n) is 24.4. The van der Waals surface area contributed by atoms with Crippen LogP contribution < -0.4 is 14.8 Å². The summed E-state index contributed by atoms with van der Waals surface area (Å²) in [5.74, 6) is 0.404. The Labute approximate surface area is 257 Å². The molecule has 0 spiro atoms. The second-order valence-electron chi connectivity index (χ2n) is 11.4. The molecule has 1 aromatic heterocycles. The Morgan fingerprint density at radius 2 is 1.91 bits per heavy atom. The minimum absolute atomic E-state index is 0.106. The molecule has 0 saturated heterocycles. The van der Waals surface area contributed by atoms with Crippen molar-refractivity contribution in [2.75, 3.05) is 38.4 Å². The van der Waals surface area contributed by atoms with E-state index in [9.17, 15) is 18.0 Å². The van der Waals surface area contributed by atoms with Crippen molar-refractivity contribution >= 4 is 44.5 Å². The third kappa shape index (κ3) is 7.11. The van der Waals surface area contributed by atoms with Gasteiger partial charge in [-0.05, 0) is 62.1 Å². The number of nitrogens with one attached hydrogen (secondary N) is 2. The second kappa shape index (κ2) is 13.6. The van der Waals surface area contributed by atoms with Gasteiger partial charge in [0.2, 0.25) is 10.0 Å². The van der Waals surface area contributed by atoms with Gasteiger partial charge in [0.05, 0.1) is 17.5 Å². The summed E-state index contributed by atoms with van der Waals surface area (Å²) >= 11 is 5.68. The lowest BCUT2D eigenvalue weighted by Crippen LogP contribution is -2.44. The van der Waals surface area contributed by atoms with Crippen molar-refractivity contribution in [1.82, 2.24) is 19.5 Å².